The largest absolute Gasteiger partial charge is 0.724 e. The summed E-state index contributed by atoms with van der Waals surface area (Å²) >= 11 is 0. The van der Waals surface area contributed by atoms with E-state index in [-0.39, 0.29) is 12.4 Å². The molecule has 0 fully saturated rings. The molecule has 0 aromatic rings. The van der Waals surface area contributed by atoms with Crippen LogP contribution in [0.5, 0.6) is 0 Å². The summed E-state index contributed by atoms with van der Waals surface area (Å²) in [4.78, 5) is 8.24. The van der Waals surface area contributed by atoms with Crippen LogP contribution >= 0.6 is 12.4 Å². The Labute approximate surface area is 29.7 Å². The molecule has 0 unspecified atom stereocenters. The van der Waals surface area contributed by atoms with E-state index in [1.807, 2.05) is 0 Å². The van der Waals surface area contributed by atoms with Crippen LogP contribution in [0.25, 0.3) is 5.41 Å². The third-order valence-corrected chi connectivity index (χ3v) is 0. The molecule has 0 heterocycles. The van der Waals surface area contributed by atoms with Gasteiger partial charge in [-0.1, -0.05) is 0 Å². The number of rotatable bonds is 0. The summed E-state index contributed by atoms with van der Waals surface area (Å²) in [6.45, 7) is 0. The first-order chi connectivity index (χ1) is 1.41. The number of carbonyl (C=O) groups excluding carboxylic acids is 1. The lowest BCUT2D eigenvalue weighted by molar-refractivity contribution is 0.569. The van der Waals surface area contributed by atoms with Crippen molar-refractivity contribution < 1.29 is 4.79 Å². The van der Waals surface area contributed by atoms with Gasteiger partial charge in [-0.15, -0.1) is 0 Å². The van der Waals surface area contributed by atoms with Gasteiger partial charge in [0.25, 0.3) is 0 Å². The van der Waals surface area contributed by atoms with Gasteiger partial charge in [0.2, 0.25) is 0 Å². The molecule has 0 rings (SSSR count). The van der Waals surface area contributed by atoms with E-state index in [0.29, 0.717) is 6.08 Å². The van der Waals surface area contributed by atoms with Crippen LogP contribution < -0.4 is 0 Å². The molecule has 0 saturated heterocycles. The Morgan fingerprint density at radius 3 is 1.75 bits per heavy atom. The number of nitrogens with zero attached hydrogens (tertiary/aromatic N) is 1. The third-order valence-electron chi connectivity index (χ3n) is 0. The summed E-state index contributed by atoms with van der Waals surface area (Å²) < 4.78 is 0. The molecular formula is CClNO-. The fourth-order valence-corrected chi connectivity index (χ4v) is 0. The van der Waals surface area contributed by atoms with Gasteiger partial charge in [-0.3, -0.25) is 4.79 Å². The highest BCUT2D eigenvalue weighted by Gasteiger charge is 0.791. The normalized spacial score (nSPS) is 2.00. The maximum absolute atomic E-state index is 8.24. The van der Waals surface area contributed by atoms with Crippen molar-refractivity contribution in [2.45, 2.75) is 0 Å². The molecule has 2 nitrogen and oxygen atoms in total. The molecule has 0 aromatic carbocycles. The summed E-state index contributed by atoms with van der Waals surface area (Å²) in [7, 11) is 0. The molecule has 0 saturated carbocycles. The molecule has 0 amide bonds. The average molecular weight is 77.5 g/mol. The molecule has 23 valence electrons. The summed E-state index contributed by atoms with van der Waals surface area (Å²) in [6, 6.07) is 0. The highest BCUT2D eigenvalue weighted by Crippen LogP contribution is 0.949. The van der Waals surface area contributed by atoms with Gasteiger partial charge in [0.05, 0.1) is 0 Å². The molecule has 0 aliphatic rings. The van der Waals surface area contributed by atoms with E-state index in [1.165, 1.54) is 0 Å². The summed E-state index contributed by atoms with van der Waals surface area (Å²) in [6.07, 6.45) is 0.500. The monoisotopic (exact) mass is 77.0 g/mol. The Kier molecular flexibility index (Phi) is 38.9. The molecule has 0 spiro atoms. The van der Waals surface area contributed by atoms with Gasteiger partial charge in [0, 0.05) is 12.4 Å². The van der Waals surface area contributed by atoms with Gasteiger partial charge in [0.1, 0.15) is 0 Å². The predicted molar refractivity (Wildman–Crippen MR) is 14.9 cm³/mol. The molecule has 1 radical (unpaired) electrons. The Balaban J connectivity index is 0. The van der Waals surface area contributed by atoms with Crippen molar-refractivity contribution in [3.05, 3.63) is 5.41 Å². The first-order valence-electron chi connectivity index (χ1n) is 0.428. The molecule has 0 bridgehead atoms. The van der Waals surface area contributed by atoms with Crippen LogP contribution in [0.1, 0.15) is 0 Å². The zero-order valence-electron chi connectivity index (χ0n) is 1.73. The van der Waals surface area contributed by atoms with Crippen molar-refractivity contribution in [1.29, 1.82) is 0 Å². The van der Waals surface area contributed by atoms with Crippen molar-refractivity contribution in [3.8, 4) is 0 Å². The molecule has 0 aliphatic carbocycles. The maximum Gasteiger partial charge on any atom is 0 e. The summed E-state index contributed by atoms with van der Waals surface area (Å²) in [5, 5.41) is 6.76. The van der Waals surface area contributed by atoms with Crippen LogP contribution in [0.15, 0.2) is 0 Å². The van der Waals surface area contributed by atoms with Crippen LogP contribution in [-0.4, -0.2) is 6.08 Å². The molecule has 0 N–H and O–H groups in total. The molecule has 0 aliphatic heterocycles. The third kappa shape index (κ3) is 6.88. The van der Waals surface area contributed by atoms with E-state index in [9.17, 15) is 0 Å². The second-order valence-electron chi connectivity index (χ2n) is 0.0913. The topological polar surface area (TPSA) is 39.4 Å². The van der Waals surface area contributed by atoms with Gasteiger partial charge < -0.3 is 5.41 Å². The van der Waals surface area contributed by atoms with Crippen LogP contribution in [0, 0.1) is 0 Å². The molecular weight excluding hydrogens is 77.5 g/mol. The maximum atomic E-state index is 8.24. The van der Waals surface area contributed by atoms with Gasteiger partial charge >= 0.3 is 0 Å². The van der Waals surface area contributed by atoms with Crippen molar-refractivity contribution in [3.63, 3.8) is 0 Å². The lowest BCUT2D eigenvalue weighted by atomic mass is 11.7. The van der Waals surface area contributed by atoms with Gasteiger partial charge in [-0.05, 0) is 6.08 Å². The molecule has 4 heavy (non-hydrogen) atoms. The lowest BCUT2D eigenvalue weighted by Gasteiger charge is -1.32. The van der Waals surface area contributed by atoms with Crippen molar-refractivity contribution in [2.24, 2.45) is 0 Å². The van der Waals surface area contributed by atoms with E-state index < -0.39 is 0 Å². The number of hydrogen-bond acceptors (Lipinski definition) is 1. The van der Waals surface area contributed by atoms with E-state index in [2.05, 4.69) is 0 Å². The predicted octanol–water partition coefficient (Wildman–Crippen LogP) is 0.581. The smallest absolute Gasteiger partial charge is 0 e. The van der Waals surface area contributed by atoms with Gasteiger partial charge in [-0.25, -0.2) is 0 Å². The Bertz CT molecular complexity index is 29.0. The summed E-state index contributed by atoms with van der Waals surface area (Å²) in [5.74, 6) is 0. The minimum absolute atomic E-state index is 0. The van der Waals surface area contributed by atoms with E-state index in [4.69, 9.17) is 10.2 Å². The van der Waals surface area contributed by atoms with Crippen LogP contribution in [0.4, 0.5) is 0 Å². The number of hydrogen-bond donors (Lipinski definition) is 0. The van der Waals surface area contributed by atoms with Crippen molar-refractivity contribution in [1.82, 2.24) is 0 Å². The minimum atomic E-state index is 0. The second-order valence-corrected chi connectivity index (χ2v) is 0.0913. The summed E-state index contributed by atoms with van der Waals surface area (Å²) in [5.41, 5.74) is 0. The van der Waals surface area contributed by atoms with E-state index >= 15 is 0 Å². The lowest BCUT2D eigenvalue weighted by Crippen LogP contribution is -1.13. The standard InChI is InChI=1S/CNO.Cl/c2-1-3;/q-1;. The number of halogens is 1. The highest BCUT2D eigenvalue weighted by molar-refractivity contribution is 5.85. The SMILES string of the molecule is [Cl].[N-]=C=O. The Morgan fingerprint density at radius 1 is 1.75 bits per heavy atom. The van der Waals surface area contributed by atoms with Gasteiger partial charge in [0.15, 0.2) is 0 Å². The quantitative estimate of drug-likeness (QED) is 0.308. The van der Waals surface area contributed by atoms with Crippen molar-refractivity contribution in [2.75, 3.05) is 0 Å². The van der Waals surface area contributed by atoms with Gasteiger partial charge in [-0.2, -0.15) is 0 Å². The van der Waals surface area contributed by atoms with E-state index in [1.54, 1.807) is 0 Å². The fourth-order valence-electron chi connectivity index (χ4n) is 0. The van der Waals surface area contributed by atoms with Crippen LogP contribution in [0.2, 0.25) is 0 Å². The first-order valence-corrected chi connectivity index (χ1v) is 0.428. The molecule has 0 atom stereocenters. The first kappa shape index (κ1) is 9.38. The Hall–Kier alpha value is -0.330. The zero-order valence-corrected chi connectivity index (χ0v) is 2.49. The minimum Gasteiger partial charge on any atom is -0.724 e. The fraction of sp³-hybridized carbons (Fsp3) is 0. The van der Waals surface area contributed by atoms with E-state index in [0.717, 1.165) is 0 Å². The van der Waals surface area contributed by atoms with Crippen LogP contribution in [-0.2, 0) is 4.79 Å². The zero-order chi connectivity index (χ0) is 2.71. The second kappa shape index (κ2) is 16.6. The van der Waals surface area contributed by atoms with Crippen molar-refractivity contribution >= 4 is 18.5 Å². The highest BCUT2D eigenvalue weighted by atomic mass is 35.5. The Morgan fingerprint density at radius 2 is 1.75 bits per heavy atom. The molecule has 0 aromatic heterocycles. The average Bonchev–Trinajstić information content (AvgIpc) is 0.918. The number of isocyanates is 1. The molecule has 3 heteroatoms. The van der Waals surface area contributed by atoms with Crippen LogP contribution in [0.3, 0.4) is 0 Å².